The minimum absolute atomic E-state index is 0.120. The summed E-state index contributed by atoms with van der Waals surface area (Å²) < 4.78 is 5.73. The van der Waals surface area contributed by atoms with Crippen molar-refractivity contribution in [2.24, 2.45) is 5.92 Å². The monoisotopic (exact) mass is 254 g/mol. The standard InChI is InChI=1S/C16H14O3/c17-16(18)8-5-11-9-14-13-4-2-1-3-12(13)6-7-15(14)19-10-11/h1-8,11H,9-10H2,(H,17,18)/b8-5+. The molecule has 0 radical (unpaired) electrons. The average Bonchev–Trinajstić information content (AvgIpc) is 2.44. The Kier molecular flexibility index (Phi) is 2.95. The molecule has 1 heterocycles. The Morgan fingerprint density at radius 2 is 2.11 bits per heavy atom. The van der Waals surface area contributed by atoms with Gasteiger partial charge in [0.05, 0.1) is 6.61 Å². The van der Waals surface area contributed by atoms with Crippen LogP contribution in [0.1, 0.15) is 5.56 Å². The van der Waals surface area contributed by atoms with Gasteiger partial charge in [0.25, 0.3) is 0 Å². The fraction of sp³-hybridized carbons (Fsp3) is 0.188. The van der Waals surface area contributed by atoms with Crippen LogP contribution in [0.3, 0.4) is 0 Å². The Balaban J connectivity index is 1.98. The predicted octanol–water partition coefficient (Wildman–Crippen LogP) is 3.03. The lowest BCUT2D eigenvalue weighted by Crippen LogP contribution is -2.19. The molecular weight excluding hydrogens is 240 g/mol. The van der Waals surface area contributed by atoms with E-state index >= 15 is 0 Å². The summed E-state index contributed by atoms with van der Waals surface area (Å²) in [7, 11) is 0. The first kappa shape index (κ1) is 11.8. The maximum atomic E-state index is 10.6. The summed E-state index contributed by atoms with van der Waals surface area (Å²) in [5, 5.41) is 11.1. The van der Waals surface area contributed by atoms with E-state index in [4.69, 9.17) is 9.84 Å². The van der Waals surface area contributed by atoms with E-state index in [0.29, 0.717) is 6.61 Å². The van der Waals surface area contributed by atoms with Crippen molar-refractivity contribution < 1.29 is 14.6 Å². The van der Waals surface area contributed by atoms with Gasteiger partial charge in [-0.2, -0.15) is 0 Å². The second kappa shape index (κ2) is 4.76. The second-order valence-electron chi connectivity index (χ2n) is 4.74. The molecule has 0 saturated carbocycles. The van der Waals surface area contributed by atoms with E-state index in [2.05, 4.69) is 18.2 Å². The molecule has 0 bridgehead atoms. The van der Waals surface area contributed by atoms with Gasteiger partial charge in [-0.3, -0.25) is 0 Å². The molecule has 3 nitrogen and oxygen atoms in total. The number of aliphatic carboxylic acids is 1. The van der Waals surface area contributed by atoms with Crippen molar-refractivity contribution in [1.82, 2.24) is 0 Å². The molecule has 1 atom stereocenters. The second-order valence-corrected chi connectivity index (χ2v) is 4.74. The smallest absolute Gasteiger partial charge is 0.327 e. The fourth-order valence-electron chi connectivity index (χ4n) is 2.52. The first-order valence-electron chi connectivity index (χ1n) is 6.28. The summed E-state index contributed by atoms with van der Waals surface area (Å²) in [4.78, 5) is 10.6. The van der Waals surface area contributed by atoms with Gasteiger partial charge in [-0.05, 0) is 23.3 Å². The number of hydrogen-bond donors (Lipinski definition) is 1. The third-order valence-electron chi connectivity index (χ3n) is 3.43. The molecule has 2 aromatic rings. The van der Waals surface area contributed by atoms with Crippen LogP contribution in [0.15, 0.2) is 48.6 Å². The lowest BCUT2D eigenvalue weighted by molar-refractivity contribution is -0.131. The molecule has 0 amide bonds. The summed E-state index contributed by atoms with van der Waals surface area (Å²) in [6, 6.07) is 12.2. The number of ether oxygens (including phenoxy) is 1. The predicted molar refractivity (Wildman–Crippen MR) is 73.4 cm³/mol. The van der Waals surface area contributed by atoms with Crippen molar-refractivity contribution in [3.63, 3.8) is 0 Å². The summed E-state index contributed by atoms with van der Waals surface area (Å²) in [5.41, 5.74) is 1.17. The van der Waals surface area contributed by atoms with Crippen LogP contribution in [0.2, 0.25) is 0 Å². The highest BCUT2D eigenvalue weighted by Crippen LogP contribution is 2.34. The Labute approximate surface area is 111 Å². The molecule has 1 aliphatic rings. The van der Waals surface area contributed by atoms with E-state index in [1.54, 1.807) is 6.08 Å². The molecule has 1 unspecified atom stereocenters. The zero-order valence-electron chi connectivity index (χ0n) is 10.4. The number of rotatable bonds is 2. The van der Waals surface area contributed by atoms with Crippen molar-refractivity contribution in [1.29, 1.82) is 0 Å². The summed E-state index contributed by atoms with van der Waals surface area (Å²) in [5.74, 6) is 0.122. The Hall–Kier alpha value is -2.29. The average molecular weight is 254 g/mol. The van der Waals surface area contributed by atoms with Crippen LogP contribution in [0.4, 0.5) is 0 Å². The molecule has 3 rings (SSSR count). The highest BCUT2D eigenvalue weighted by atomic mass is 16.5. The molecule has 1 N–H and O–H groups in total. The molecule has 19 heavy (non-hydrogen) atoms. The molecule has 0 spiro atoms. The van der Waals surface area contributed by atoms with Crippen LogP contribution < -0.4 is 4.74 Å². The summed E-state index contributed by atoms with van der Waals surface area (Å²) in [6.45, 7) is 0.537. The van der Waals surface area contributed by atoms with Crippen LogP contribution in [0, 0.1) is 5.92 Å². The largest absolute Gasteiger partial charge is 0.493 e. The first-order valence-corrected chi connectivity index (χ1v) is 6.28. The normalized spacial score (nSPS) is 18.2. The number of carboxylic acid groups (broad SMARTS) is 1. The van der Waals surface area contributed by atoms with Crippen molar-refractivity contribution in [3.05, 3.63) is 54.1 Å². The van der Waals surface area contributed by atoms with Crippen LogP contribution in [-0.2, 0) is 11.2 Å². The van der Waals surface area contributed by atoms with Crippen molar-refractivity contribution in [2.45, 2.75) is 6.42 Å². The maximum Gasteiger partial charge on any atom is 0.327 e. The van der Waals surface area contributed by atoms with Crippen molar-refractivity contribution in [3.8, 4) is 5.75 Å². The third-order valence-corrected chi connectivity index (χ3v) is 3.43. The van der Waals surface area contributed by atoms with Crippen LogP contribution in [-0.4, -0.2) is 17.7 Å². The van der Waals surface area contributed by atoms with E-state index in [9.17, 15) is 4.79 Å². The number of hydrogen-bond acceptors (Lipinski definition) is 2. The molecule has 0 aliphatic carbocycles. The molecule has 96 valence electrons. The van der Waals surface area contributed by atoms with Gasteiger partial charge in [-0.1, -0.05) is 36.4 Å². The molecule has 0 saturated heterocycles. The Morgan fingerprint density at radius 3 is 2.95 bits per heavy atom. The van der Waals surface area contributed by atoms with Gasteiger partial charge in [0, 0.05) is 17.6 Å². The molecule has 0 fully saturated rings. The van der Waals surface area contributed by atoms with Crippen molar-refractivity contribution in [2.75, 3.05) is 6.61 Å². The lowest BCUT2D eigenvalue weighted by Gasteiger charge is -2.24. The van der Waals surface area contributed by atoms with E-state index in [1.807, 2.05) is 18.2 Å². The lowest BCUT2D eigenvalue weighted by atomic mass is 9.92. The van der Waals surface area contributed by atoms with Gasteiger partial charge in [-0.15, -0.1) is 0 Å². The third kappa shape index (κ3) is 2.32. The fourth-order valence-corrected chi connectivity index (χ4v) is 2.52. The quantitative estimate of drug-likeness (QED) is 0.838. The van der Waals surface area contributed by atoms with Crippen LogP contribution >= 0.6 is 0 Å². The zero-order valence-corrected chi connectivity index (χ0v) is 10.4. The molecular formula is C16H14O3. The molecule has 2 aromatic carbocycles. The zero-order chi connectivity index (χ0) is 13.2. The number of carbonyl (C=O) groups is 1. The van der Waals surface area contributed by atoms with Crippen LogP contribution in [0.25, 0.3) is 10.8 Å². The molecule has 1 aliphatic heterocycles. The first-order chi connectivity index (χ1) is 9.24. The van der Waals surface area contributed by atoms with E-state index in [1.165, 1.54) is 22.4 Å². The minimum Gasteiger partial charge on any atom is -0.493 e. The maximum absolute atomic E-state index is 10.6. The van der Waals surface area contributed by atoms with Crippen LogP contribution in [0.5, 0.6) is 5.75 Å². The Morgan fingerprint density at radius 1 is 1.26 bits per heavy atom. The SMILES string of the molecule is O=C(O)/C=C/C1COc2ccc3ccccc3c2C1. The Bertz CT molecular complexity index is 658. The van der Waals surface area contributed by atoms with Gasteiger partial charge in [0.15, 0.2) is 0 Å². The highest BCUT2D eigenvalue weighted by Gasteiger charge is 2.19. The number of benzene rings is 2. The molecule has 0 aromatic heterocycles. The molecule has 3 heteroatoms. The van der Waals surface area contributed by atoms with E-state index in [-0.39, 0.29) is 5.92 Å². The summed E-state index contributed by atoms with van der Waals surface area (Å²) in [6.07, 6.45) is 3.73. The summed E-state index contributed by atoms with van der Waals surface area (Å²) >= 11 is 0. The van der Waals surface area contributed by atoms with Gasteiger partial charge < -0.3 is 9.84 Å². The van der Waals surface area contributed by atoms with E-state index in [0.717, 1.165) is 12.2 Å². The number of fused-ring (bicyclic) bond motifs is 3. The number of carboxylic acids is 1. The van der Waals surface area contributed by atoms with Gasteiger partial charge in [0.2, 0.25) is 0 Å². The van der Waals surface area contributed by atoms with Crippen molar-refractivity contribution >= 4 is 16.7 Å². The minimum atomic E-state index is -0.913. The van der Waals surface area contributed by atoms with Gasteiger partial charge >= 0.3 is 5.97 Å². The van der Waals surface area contributed by atoms with E-state index < -0.39 is 5.97 Å². The van der Waals surface area contributed by atoms with Gasteiger partial charge in [0.1, 0.15) is 5.75 Å². The topological polar surface area (TPSA) is 46.5 Å². The highest BCUT2D eigenvalue weighted by molar-refractivity contribution is 5.88. The van der Waals surface area contributed by atoms with Gasteiger partial charge in [-0.25, -0.2) is 4.79 Å².